The van der Waals surface area contributed by atoms with Gasteiger partial charge in [0.2, 0.25) is 5.91 Å². The smallest absolute Gasteiger partial charge is 0.338 e. The molecule has 2 rings (SSSR count). The molecule has 0 spiro atoms. The molecule has 1 fully saturated rings. The number of hydrogen-bond donors (Lipinski definition) is 2. The lowest BCUT2D eigenvalue weighted by Crippen LogP contribution is -2.29. The second-order valence-corrected chi connectivity index (χ2v) is 5.65. The van der Waals surface area contributed by atoms with Crippen molar-refractivity contribution >= 4 is 17.6 Å². The van der Waals surface area contributed by atoms with Crippen LogP contribution in [0.25, 0.3) is 0 Å². The summed E-state index contributed by atoms with van der Waals surface area (Å²) in [6.45, 7) is 4.84. The average molecular weight is 290 g/mol. The Hall–Kier alpha value is -1.88. The summed E-state index contributed by atoms with van der Waals surface area (Å²) in [6.07, 6.45) is 2.39. The zero-order valence-electron chi connectivity index (χ0n) is 12.5. The minimum absolute atomic E-state index is 0.0758. The number of ether oxygens (including phenoxy) is 1. The maximum atomic E-state index is 11.7. The molecule has 1 saturated carbocycles. The lowest BCUT2D eigenvalue weighted by Gasteiger charge is -2.09. The molecule has 1 aromatic carbocycles. The summed E-state index contributed by atoms with van der Waals surface area (Å²) in [4.78, 5) is 23.4. The van der Waals surface area contributed by atoms with Gasteiger partial charge in [-0.25, -0.2) is 4.79 Å². The van der Waals surface area contributed by atoms with Gasteiger partial charge < -0.3 is 15.4 Å². The van der Waals surface area contributed by atoms with Crippen molar-refractivity contribution < 1.29 is 14.3 Å². The standard InChI is InChI=1S/C16H22N2O3/c1-11(2)21-16(20)13-5-7-14(8-6-13)18-15(19)10-17-9-12-3-4-12/h5-8,11-12,17H,3-4,9-10H2,1-2H3,(H,18,19). The minimum Gasteiger partial charge on any atom is -0.459 e. The molecule has 0 unspecified atom stereocenters. The summed E-state index contributed by atoms with van der Waals surface area (Å²) < 4.78 is 5.10. The van der Waals surface area contributed by atoms with Crippen LogP contribution in [0.15, 0.2) is 24.3 Å². The highest BCUT2D eigenvalue weighted by molar-refractivity contribution is 5.94. The first kappa shape index (κ1) is 15.5. The fourth-order valence-electron chi connectivity index (χ4n) is 1.89. The molecule has 2 N–H and O–H groups in total. The van der Waals surface area contributed by atoms with E-state index in [4.69, 9.17) is 4.74 Å². The molecule has 0 aliphatic heterocycles. The van der Waals surface area contributed by atoms with Gasteiger partial charge in [-0.3, -0.25) is 4.79 Å². The molecule has 21 heavy (non-hydrogen) atoms. The quantitative estimate of drug-likeness (QED) is 0.755. The first-order chi connectivity index (χ1) is 10.0. The van der Waals surface area contributed by atoms with Crippen LogP contribution in [0.4, 0.5) is 5.69 Å². The molecule has 5 nitrogen and oxygen atoms in total. The molecule has 1 aromatic rings. The highest BCUT2D eigenvalue weighted by Crippen LogP contribution is 2.27. The lowest BCUT2D eigenvalue weighted by molar-refractivity contribution is -0.115. The Morgan fingerprint density at radius 1 is 1.24 bits per heavy atom. The third-order valence-electron chi connectivity index (χ3n) is 3.16. The zero-order valence-corrected chi connectivity index (χ0v) is 12.5. The van der Waals surface area contributed by atoms with E-state index in [1.54, 1.807) is 38.1 Å². The predicted octanol–water partition coefficient (Wildman–Crippen LogP) is 2.19. The Kier molecular flexibility index (Phi) is 5.33. The minimum atomic E-state index is -0.353. The lowest BCUT2D eigenvalue weighted by atomic mass is 10.2. The second kappa shape index (κ2) is 7.22. The predicted molar refractivity (Wildman–Crippen MR) is 81.2 cm³/mol. The Morgan fingerprint density at radius 2 is 1.90 bits per heavy atom. The number of carbonyl (C=O) groups excluding carboxylic acids is 2. The van der Waals surface area contributed by atoms with Crippen molar-refractivity contribution in [1.82, 2.24) is 5.32 Å². The van der Waals surface area contributed by atoms with Crippen molar-refractivity contribution in [2.24, 2.45) is 5.92 Å². The van der Waals surface area contributed by atoms with E-state index in [9.17, 15) is 9.59 Å². The van der Waals surface area contributed by atoms with E-state index in [2.05, 4.69) is 10.6 Å². The van der Waals surface area contributed by atoms with Crippen molar-refractivity contribution in [1.29, 1.82) is 0 Å². The summed E-state index contributed by atoms with van der Waals surface area (Å²) in [6, 6.07) is 6.71. The Morgan fingerprint density at radius 3 is 2.48 bits per heavy atom. The molecule has 0 bridgehead atoms. The molecule has 1 amide bonds. The van der Waals surface area contributed by atoms with Crippen LogP contribution in [-0.2, 0) is 9.53 Å². The third-order valence-corrected chi connectivity index (χ3v) is 3.16. The normalized spacial score (nSPS) is 14.0. The number of anilines is 1. The van der Waals surface area contributed by atoms with E-state index < -0.39 is 0 Å². The van der Waals surface area contributed by atoms with Crippen molar-refractivity contribution in [2.75, 3.05) is 18.4 Å². The van der Waals surface area contributed by atoms with Crippen molar-refractivity contribution in [3.05, 3.63) is 29.8 Å². The average Bonchev–Trinajstić information content (AvgIpc) is 3.23. The van der Waals surface area contributed by atoms with E-state index >= 15 is 0 Å². The van der Waals surface area contributed by atoms with Crippen LogP contribution >= 0.6 is 0 Å². The fourth-order valence-corrected chi connectivity index (χ4v) is 1.89. The molecule has 0 aromatic heterocycles. The van der Waals surface area contributed by atoms with Crippen molar-refractivity contribution in [3.63, 3.8) is 0 Å². The Labute approximate surface area is 125 Å². The monoisotopic (exact) mass is 290 g/mol. The number of nitrogens with one attached hydrogen (secondary N) is 2. The first-order valence-electron chi connectivity index (χ1n) is 7.36. The fraction of sp³-hybridized carbons (Fsp3) is 0.500. The molecule has 0 saturated heterocycles. The van der Waals surface area contributed by atoms with Crippen LogP contribution in [0.3, 0.4) is 0 Å². The van der Waals surface area contributed by atoms with E-state index in [1.807, 2.05) is 0 Å². The highest BCUT2D eigenvalue weighted by atomic mass is 16.5. The van der Waals surface area contributed by atoms with Gasteiger partial charge in [0.1, 0.15) is 0 Å². The second-order valence-electron chi connectivity index (χ2n) is 5.65. The summed E-state index contributed by atoms with van der Waals surface area (Å²) in [5, 5.41) is 5.92. The number of hydrogen-bond acceptors (Lipinski definition) is 4. The zero-order chi connectivity index (χ0) is 15.2. The van der Waals surface area contributed by atoms with Crippen molar-refractivity contribution in [3.8, 4) is 0 Å². The maximum Gasteiger partial charge on any atom is 0.338 e. The number of carbonyl (C=O) groups is 2. The number of amides is 1. The van der Waals surface area contributed by atoms with Gasteiger partial charge >= 0.3 is 5.97 Å². The van der Waals surface area contributed by atoms with Crippen LogP contribution in [-0.4, -0.2) is 31.1 Å². The van der Waals surface area contributed by atoms with Gasteiger partial charge in [-0.2, -0.15) is 0 Å². The van der Waals surface area contributed by atoms with Crippen LogP contribution in [0.1, 0.15) is 37.0 Å². The number of esters is 1. The van der Waals surface area contributed by atoms with Crippen LogP contribution in [0.5, 0.6) is 0 Å². The van der Waals surface area contributed by atoms with Gasteiger partial charge in [-0.05, 0) is 63.4 Å². The summed E-state index contributed by atoms with van der Waals surface area (Å²) in [7, 11) is 0. The molecule has 5 heteroatoms. The SMILES string of the molecule is CC(C)OC(=O)c1ccc(NC(=O)CNCC2CC2)cc1. The van der Waals surface area contributed by atoms with Gasteiger partial charge in [0.05, 0.1) is 18.2 Å². The molecule has 1 aliphatic rings. The summed E-state index contributed by atoms with van der Waals surface area (Å²) in [5.74, 6) is 0.325. The molecule has 114 valence electrons. The highest BCUT2D eigenvalue weighted by Gasteiger charge is 2.20. The van der Waals surface area contributed by atoms with Crippen molar-refractivity contribution in [2.45, 2.75) is 32.8 Å². The summed E-state index contributed by atoms with van der Waals surface area (Å²) >= 11 is 0. The van der Waals surface area contributed by atoms with Crippen LogP contribution in [0, 0.1) is 5.92 Å². The maximum absolute atomic E-state index is 11.7. The van der Waals surface area contributed by atoms with Gasteiger partial charge in [0, 0.05) is 5.69 Å². The van der Waals surface area contributed by atoms with Crippen LogP contribution in [0.2, 0.25) is 0 Å². The molecular formula is C16H22N2O3. The largest absolute Gasteiger partial charge is 0.459 e. The number of benzene rings is 1. The van der Waals surface area contributed by atoms with Gasteiger partial charge in [0.15, 0.2) is 0 Å². The topological polar surface area (TPSA) is 67.4 Å². The molecular weight excluding hydrogens is 268 g/mol. The Balaban J connectivity index is 1.77. The van der Waals surface area contributed by atoms with Gasteiger partial charge in [-0.15, -0.1) is 0 Å². The van der Waals surface area contributed by atoms with E-state index in [0.29, 0.717) is 17.8 Å². The molecule has 0 atom stereocenters. The molecule has 0 heterocycles. The van der Waals surface area contributed by atoms with Crippen LogP contribution < -0.4 is 10.6 Å². The number of rotatable bonds is 7. The molecule has 1 aliphatic carbocycles. The molecule has 0 radical (unpaired) electrons. The van der Waals surface area contributed by atoms with E-state index in [-0.39, 0.29) is 18.0 Å². The first-order valence-corrected chi connectivity index (χ1v) is 7.36. The van der Waals surface area contributed by atoms with Gasteiger partial charge in [-0.1, -0.05) is 0 Å². The third kappa shape index (κ3) is 5.55. The van der Waals surface area contributed by atoms with E-state index in [1.165, 1.54) is 12.8 Å². The van der Waals surface area contributed by atoms with Gasteiger partial charge in [0.25, 0.3) is 0 Å². The Bertz CT molecular complexity index is 493. The van der Waals surface area contributed by atoms with E-state index in [0.717, 1.165) is 12.5 Å². The summed E-state index contributed by atoms with van der Waals surface area (Å²) in [5.41, 5.74) is 1.16.